The van der Waals surface area contributed by atoms with Gasteiger partial charge in [-0.25, -0.2) is 14.8 Å². The Hall–Kier alpha value is -6.56. The van der Waals surface area contributed by atoms with Crippen molar-refractivity contribution in [2.45, 2.75) is 43.8 Å². The quantitative estimate of drug-likeness (QED) is 0.142. The number of amides is 3. The van der Waals surface area contributed by atoms with E-state index >= 15 is 0 Å². The monoisotopic (exact) mass is 720 g/mol. The molecule has 3 aromatic carbocycles. The summed E-state index contributed by atoms with van der Waals surface area (Å²) in [5, 5.41) is 2.71. The van der Waals surface area contributed by atoms with E-state index in [0.717, 1.165) is 65.1 Å². The van der Waals surface area contributed by atoms with Gasteiger partial charge in [0.25, 0.3) is 11.8 Å². The largest absolute Gasteiger partial charge is 0.453 e. The zero-order valence-electron chi connectivity index (χ0n) is 29.8. The number of nitrogens with one attached hydrogen (secondary N) is 3. The molecule has 12 heteroatoms. The maximum absolute atomic E-state index is 13.9. The Bertz CT molecular complexity index is 2240. The molecule has 6 aromatic rings. The van der Waals surface area contributed by atoms with Crippen molar-refractivity contribution in [1.82, 2.24) is 40.0 Å². The Morgan fingerprint density at radius 3 is 1.81 bits per heavy atom. The van der Waals surface area contributed by atoms with Gasteiger partial charge in [0.15, 0.2) is 0 Å². The summed E-state index contributed by atoms with van der Waals surface area (Å²) in [6.07, 6.45) is 9.63. The number of rotatable bonds is 9. The number of carbonyl (C=O) groups excluding carboxylic acids is 3. The Morgan fingerprint density at radius 1 is 0.704 bits per heavy atom. The highest BCUT2D eigenvalue weighted by molar-refractivity contribution is 5.94. The lowest BCUT2D eigenvalue weighted by atomic mass is 10.0. The van der Waals surface area contributed by atoms with E-state index in [4.69, 9.17) is 9.72 Å². The maximum Gasteiger partial charge on any atom is 0.407 e. The average molecular weight is 721 g/mol. The van der Waals surface area contributed by atoms with E-state index in [1.54, 1.807) is 35.6 Å². The molecule has 2 aliphatic heterocycles. The minimum absolute atomic E-state index is 0.0251. The number of H-pyrrole nitrogens is 2. The third kappa shape index (κ3) is 6.97. The first-order valence-corrected chi connectivity index (χ1v) is 18.2. The van der Waals surface area contributed by atoms with Gasteiger partial charge >= 0.3 is 6.09 Å². The molecule has 0 unspecified atom stereocenters. The molecular weight excluding hydrogens is 681 g/mol. The van der Waals surface area contributed by atoms with Crippen LogP contribution in [0.5, 0.6) is 0 Å². The van der Waals surface area contributed by atoms with Crippen LogP contribution in [-0.2, 0) is 9.53 Å². The molecule has 2 fully saturated rings. The molecular formula is C42H40N8O4. The summed E-state index contributed by atoms with van der Waals surface area (Å²) in [6, 6.07) is 28.2. The number of ether oxygens (including phenoxy) is 1. The van der Waals surface area contributed by atoms with Crippen LogP contribution in [0.1, 0.15) is 71.4 Å². The molecule has 0 bridgehead atoms. The van der Waals surface area contributed by atoms with Crippen molar-refractivity contribution in [2.75, 3.05) is 20.2 Å². The van der Waals surface area contributed by atoms with Crippen LogP contribution in [0.2, 0.25) is 0 Å². The first kappa shape index (κ1) is 34.5. The second-order valence-electron chi connectivity index (χ2n) is 13.6. The molecule has 0 aliphatic carbocycles. The van der Waals surface area contributed by atoms with E-state index in [-0.39, 0.29) is 23.9 Å². The second kappa shape index (κ2) is 15.2. The van der Waals surface area contributed by atoms with E-state index in [1.807, 2.05) is 41.4 Å². The van der Waals surface area contributed by atoms with E-state index in [2.05, 4.69) is 73.8 Å². The lowest BCUT2D eigenvalue weighted by Gasteiger charge is -2.28. The van der Waals surface area contributed by atoms with Crippen LogP contribution in [0.4, 0.5) is 4.79 Å². The zero-order valence-corrected chi connectivity index (χ0v) is 29.8. The van der Waals surface area contributed by atoms with Crippen LogP contribution in [0.25, 0.3) is 33.6 Å². The lowest BCUT2D eigenvalue weighted by molar-refractivity contribution is -0.134. The number of alkyl carbamates (subject to hydrolysis) is 1. The molecule has 3 amide bonds. The number of hydrogen-bond acceptors (Lipinski definition) is 7. The number of nitrogens with zero attached hydrogens (tertiary/aromatic N) is 5. The van der Waals surface area contributed by atoms with Gasteiger partial charge in [-0.05, 0) is 65.6 Å². The highest BCUT2D eigenvalue weighted by Gasteiger charge is 2.37. The van der Waals surface area contributed by atoms with Crippen LogP contribution in [0, 0.1) is 0 Å². The zero-order chi connectivity index (χ0) is 37.0. The van der Waals surface area contributed by atoms with Crippen molar-refractivity contribution in [1.29, 1.82) is 0 Å². The van der Waals surface area contributed by atoms with E-state index < -0.39 is 12.1 Å². The number of aromatic amines is 2. The maximum atomic E-state index is 13.9. The molecule has 0 spiro atoms. The number of pyridine rings is 1. The normalized spacial score (nSPS) is 17.4. The van der Waals surface area contributed by atoms with Gasteiger partial charge in [0.05, 0.1) is 48.5 Å². The molecule has 3 aromatic heterocycles. The number of imidazole rings is 2. The summed E-state index contributed by atoms with van der Waals surface area (Å²) in [4.78, 5) is 63.3. The van der Waals surface area contributed by atoms with Crippen LogP contribution in [-0.4, -0.2) is 72.8 Å². The van der Waals surface area contributed by atoms with Gasteiger partial charge in [-0.2, -0.15) is 0 Å². The molecule has 8 rings (SSSR count). The van der Waals surface area contributed by atoms with Crippen molar-refractivity contribution in [3.63, 3.8) is 0 Å². The number of hydrogen-bond donors (Lipinski definition) is 3. The van der Waals surface area contributed by atoms with E-state index in [9.17, 15) is 14.4 Å². The number of benzene rings is 3. The Kier molecular flexibility index (Phi) is 9.71. The molecule has 3 atom stereocenters. The number of methoxy groups -OCH3 is 1. The summed E-state index contributed by atoms with van der Waals surface area (Å²) in [6.45, 7) is 1.25. The minimum Gasteiger partial charge on any atom is -0.453 e. The Labute approximate surface area is 312 Å². The first-order chi connectivity index (χ1) is 26.5. The predicted molar refractivity (Wildman–Crippen MR) is 203 cm³/mol. The van der Waals surface area contributed by atoms with Gasteiger partial charge in [-0.3, -0.25) is 14.6 Å². The summed E-state index contributed by atoms with van der Waals surface area (Å²) in [5.74, 6) is 1.27. The fourth-order valence-corrected chi connectivity index (χ4v) is 7.53. The number of likely N-dealkylation sites (tertiary alicyclic amines) is 2. The smallest absolute Gasteiger partial charge is 0.407 e. The molecule has 0 saturated carbocycles. The average Bonchev–Trinajstić information content (AvgIpc) is 4.07. The molecule has 12 nitrogen and oxygen atoms in total. The third-order valence-electron chi connectivity index (χ3n) is 10.3. The Morgan fingerprint density at radius 2 is 1.26 bits per heavy atom. The molecule has 2 saturated heterocycles. The van der Waals surface area contributed by atoms with Gasteiger partial charge in [-0.15, -0.1) is 0 Å². The van der Waals surface area contributed by atoms with Gasteiger partial charge < -0.3 is 29.8 Å². The molecule has 5 heterocycles. The summed E-state index contributed by atoms with van der Waals surface area (Å²) in [5.41, 5.74) is 7.17. The lowest BCUT2D eigenvalue weighted by Crippen LogP contribution is -2.42. The van der Waals surface area contributed by atoms with Crippen LogP contribution < -0.4 is 5.32 Å². The predicted octanol–water partition coefficient (Wildman–Crippen LogP) is 7.27. The van der Waals surface area contributed by atoms with Gasteiger partial charge in [0, 0.05) is 25.5 Å². The highest BCUT2D eigenvalue weighted by Crippen LogP contribution is 2.36. The van der Waals surface area contributed by atoms with Gasteiger partial charge in [0.2, 0.25) is 0 Å². The summed E-state index contributed by atoms with van der Waals surface area (Å²) >= 11 is 0. The standard InChI is InChI=1S/C42H40N8O4/c1-54-42(53)48-37(31-8-3-2-4-9-31)41(52)50-23-7-12-36(50)39-45-26-34(47-39)30-19-15-28(16-20-30)27-13-17-29(18-14-27)33-25-44-38(46-33)35-11-6-22-49(35)40(51)32-10-5-21-43-24-32/h2-5,8-10,13-21,24-26,35-37H,6-7,11-12,22-23H2,1H3,(H,44,46)(H,45,47)(H,48,53)/t35-,36-,37+/m0/s1. The van der Waals surface area contributed by atoms with Crippen LogP contribution >= 0.6 is 0 Å². The fraction of sp³-hybridized carbons (Fsp3) is 0.238. The summed E-state index contributed by atoms with van der Waals surface area (Å²) in [7, 11) is 1.28. The third-order valence-corrected chi connectivity index (χ3v) is 10.3. The summed E-state index contributed by atoms with van der Waals surface area (Å²) < 4.78 is 4.82. The van der Waals surface area contributed by atoms with Gasteiger partial charge in [0.1, 0.15) is 17.7 Å². The highest BCUT2D eigenvalue weighted by atomic mass is 16.5. The van der Waals surface area contributed by atoms with Crippen LogP contribution in [0.15, 0.2) is 116 Å². The van der Waals surface area contributed by atoms with E-state index in [0.29, 0.717) is 30.0 Å². The van der Waals surface area contributed by atoms with Crippen molar-refractivity contribution >= 4 is 17.9 Å². The van der Waals surface area contributed by atoms with E-state index in [1.165, 1.54) is 7.11 Å². The SMILES string of the molecule is COC(=O)N[C@@H](C(=O)N1CCC[C@H]1c1ncc(-c2ccc(-c3ccc(-c4cnc([C@@H]5CCCN5C(=O)c5cccnc5)[nH]4)cc3)cc2)[nH]1)c1ccccc1. The fourth-order valence-electron chi connectivity index (χ4n) is 7.53. The van der Waals surface area contributed by atoms with Crippen LogP contribution in [0.3, 0.4) is 0 Å². The molecule has 54 heavy (non-hydrogen) atoms. The van der Waals surface area contributed by atoms with Crippen molar-refractivity contribution < 1.29 is 19.1 Å². The molecule has 2 aliphatic rings. The number of carbonyl (C=O) groups is 3. The topological polar surface area (TPSA) is 149 Å². The minimum atomic E-state index is -0.870. The van der Waals surface area contributed by atoms with Crippen molar-refractivity contribution in [3.05, 3.63) is 139 Å². The van der Waals surface area contributed by atoms with Gasteiger partial charge in [-0.1, -0.05) is 78.9 Å². The Balaban J connectivity index is 0.933. The van der Waals surface area contributed by atoms with Crippen molar-refractivity contribution in [3.8, 4) is 33.6 Å². The first-order valence-electron chi connectivity index (χ1n) is 18.2. The molecule has 3 N–H and O–H groups in total. The second-order valence-corrected chi connectivity index (χ2v) is 13.6. The number of aromatic nitrogens is 5. The van der Waals surface area contributed by atoms with Crippen molar-refractivity contribution in [2.24, 2.45) is 0 Å². The molecule has 0 radical (unpaired) electrons. The molecule has 272 valence electrons.